The van der Waals surface area contributed by atoms with Gasteiger partial charge in [-0.05, 0) is 12.1 Å². The van der Waals surface area contributed by atoms with Crippen LogP contribution in [0.1, 0.15) is 25.5 Å². The van der Waals surface area contributed by atoms with Crippen molar-refractivity contribution in [1.29, 1.82) is 0 Å². The number of hydrogen-bond acceptors (Lipinski definition) is 4. The van der Waals surface area contributed by atoms with Crippen molar-refractivity contribution >= 4 is 11.5 Å². The van der Waals surface area contributed by atoms with Gasteiger partial charge in [0.05, 0.1) is 4.92 Å². The highest BCUT2D eigenvalue weighted by Crippen LogP contribution is 2.32. The van der Waals surface area contributed by atoms with Crippen LogP contribution >= 0.6 is 0 Å². The number of nitrogens with zero attached hydrogens (tertiary/aromatic N) is 4. The van der Waals surface area contributed by atoms with Gasteiger partial charge >= 0.3 is 5.69 Å². The lowest BCUT2D eigenvalue weighted by Crippen LogP contribution is -2.11. The Balaban J connectivity index is 2.48. The second kappa shape index (κ2) is 4.52. The van der Waals surface area contributed by atoms with Crippen molar-refractivity contribution in [1.82, 2.24) is 14.5 Å². The molecule has 1 N–H and O–H groups in total. The van der Waals surface area contributed by atoms with Gasteiger partial charge in [-0.25, -0.2) is 4.68 Å². The number of hydrogen-bond donors (Lipinski definition) is 1. The molecule has 2 heterocycles. The molecule has 0 atom stereocenters. The topological polar surface area (TPSA) is 77.9 Å². The summed E-state index contributed by atoms with van der Waals surface area (Å²) in [5.74, 6) is 0.372. The quantitative estimate of drug-likeness (QED) is 0.665. The van der Waals surface area contributed by atoms with Crippen LogP contribution in [0.5, 0.6) is 0 Å². The Morgan fingerprint density at radius 1 is 1.39 bits per heavy atom. The minimum atomic E-state index is -0.395. The van der Waals surface area contributed by atoms with E-state index in [1.807, 2.05) is 26.0 Å². The van der Waals surface area contributed by atoms with Crippen molar-refractivity contribution in [2.24, 2.45) is 7.05 Å². The van der Waals surface area contributed by atoms with E-state index in [-0.39, 0.29) is 11.6 Å². The Bertz CT molecular complexity index is 556. The largest absolute Gasteiger partial charge is 0.336 e. The number of anilines is 1. The van der Waals surface area contributed by atoms with Crippen LogP contribution in [0.4, 0.5) is 11.5 Å². The van der Waals surface area contributed by atoms with Crippen LogP contribution in [-0.2, 0) is 7.05 Å². The summed E-state index contributed by atoms with van der Waals surface area (Å²) in [6.45, 7) is 3.77. The molecule has 0 saturated heterocycles. The fraction of sp³-hybridized carbons (Fsp3) is 0.364. The summed E-state index contributed by atoms with van der Waals surface area (Å²) in [5.41, 5.74) is 3.47. The van der Waals surface area contributed by atoms with E-state index in [9.17, 15) is 10.1 Å². The molecule has 18 heavy (non-hydrogen) atoms. The van der Waals surface area contributed by atoms with Gasteiger partial charge in [0.25, 0.3) is 0 Å². The zero-order valence-electron chi connectivity index (χ0n) is 10.5. The molecular formula is C11H15N5O2. The first-order chi connectivity index (χ1) is 8.50. The Labute approximate surface area is 104 Å². The lowest BCUT2D eigenvalue weighted by atomic mass is 10.1. The maximum absolute atomic E-state index is 11.2. The Morgan fingerprint density at radius 2 is 2.00 bits per heavy atom. The second-order valence-electron chi connectivity index (χ2n) is 4.32. The van der Waals surface area contributed by atoms with Crippen molar-refractivity contribution in [3.8, 4) is 0 Å². The molecule has 7 heteroatoms. The highest BCUT2D eigenvalue weighted by molar-refractivity contribution is 5.60. The molecule has 2 rings (SSSR count). The van der Waals surface area contributed by atoms with Gasteiger partial charge < -0.3 is 0 Å². The van der Waals surface area contributed by atoms with Gasteiger partial charge in [0, 0.05) is 25.4 Å². The third-order valence-corrected chi connectivity index (χ3v) is 2.62. The van der Waals surface area contributed by atoms with E-state index < -0.39 is 4.92 Å². The first-order valence-electron chi connectivity index (χ1n) is 5.62. The first kappa shape index (κ1) is 12.2. The number of nitrogens with one attached hydrogen (secondary N) is 1. The fourth-order valence-corrected chi connectivity index (χ4v) is 1.76. The van der Waals surface area contributed by atoms with E-state index in [4.69, 9.17) is 0 Å². The molecule has 7 nitrogen and oxygen atoms in total. The van der Waals surface area contributed by atoms with Crippen LogP contribution in [-0.4, -0.2) is 19.4 Å². The van der Waals surface area contributed by atoms with E-state index in [1.54, 1.807) is 24.1 Å². The van der Waals surface area contributed by atoms with Crippen LogP contribution in [0.15, 0.2) is 24.5 Å². The van der Waals surface area contributed by atoms with Gasteiger partial charge in [0.15, 0.2) is 0 Å². The third-order valence-electron chi connectivity index (χ3n) is 2.62. The van der Waals surface area contributed by atoms with Crippen molar-refractivity contribution in [2.75, 3.05) is 5.43 Å². The van der Waals surface area contributed by atoms with Gasteiger partial charge in [-0.2, -0.15) is 5.10 Å². The Kier molecular flexibility index (Phi) is 3.05. The van der Waals surface area contributed by atoms with Gasteiger partial charge in [0.2, 0.25) is 5.82 Å². The van der Waals surface area contributed by atoms with Crippen molar-refractivity contribution in [3.05, 3.63) is 40.3 Å². The zero-order valence-corrected chi connectivity index (χ0v) is 10.5. The van der Waals surface area contributed by atoms with Crippen LogP contribution in [0, 0.1) is 10.1 Å². The Morgan fingerprint density at radius 3 is 2.50 bits per heavy atom. The summed E-state index contributed by atoms with van der Waals surface area (Å²) < 4.78 is 3.14. The number of nitro groups is 1. The maximum Gasteiger partial charge on any atom is 0.336 e. The van der Waals surface area contributed by atoms with E-state index in [2.05, 4.69) is 10.5 Å². The van der Waals surface area contributed by atoms with Gasteiger partial charge in [0.1, 0.15) is 5.69 Å². The average Bonchev–Trinajstić information content (AvgIpc) is 2.88. The molecule has 0 aliphatic heterocycles. The Hall–Kier alpha value is -2.31. The monoisotopic (exact) mass is 249 g/mol. The van der Waals surface area contributed by atoms with E-state index in [0.717, 1.165) is 0 Å². The lowest BCUT2D eigenvalue weighted by Gasteiger charge is -2.06. The highest BCUT2D eigenvalue weighted by atomic mass is 16.6. The van der Waals surface area contributed by atoms with Crippen LogP contribution in [0.25, 0.3) is 0 Å². The second-order valence-corrected chi connectivity index (χ2v) is 4.32. The van der Waals surface area contributed by atoms with Crippen LogP contribution in [0.3, 0.4) is 0 Å². The summed E-state index contributed by atoms with van der Waals surface area (Å²) in [6.07, 6.45) is 3.54. The molecule has 2 aromatic rings. The number of aromatic nitrogens is 3. The molecule has 0 fully saturated rings. The van der Waals surface area contributed by atoms with Gasteiger partial charge in [-0.3, -0.25) is 20.2 Å². The fourth-order valence-electron chi connectivity index (χ4n) is 1.76. The summed E-state index contributed by atoms with van der Waals surface area (Å²) in [6, 6.07) is 3.66. The molecule has 0 bridgehead atoms. The standard InChI is InChI=1S/C11H15N5O2/c1-8(2)9-10(16(17)18)11(14(3)12-9)13-15-6-4-5-7-15/h4-8,13H,1-3H3. The molecular weight excluding hydrogens is 234 g/mol. The molecule has 0 radical (unpaired) electrons. The summed E-state index contributed by atoms with van der Waals surface area (Å²) in [7, 11) is 1.69. The summed E-state index contributed by atoms with van der Waals surface area (Å²) in [4.78, 5) is 10.8. The normalized spacial score (nSPS) is 10.9. The molecule has 2 aromatic heterocycles. The third kappa shape index (κ3) is 2.06. The molecule has 96 valence electrons. The molecule has 0 unspecified atom stereocenters. The molecule has 0 spiro atoms. The van der Waals surface area contributed by atoms with Crippen LogP contribution in [0.2, 0.25) is 0 Å². The molecule has 0 aliphatic carbocycles. The van der Waals surface area contributed by atoms with Gasteiger partial charge in [-0.1, -0.05) is 13.8 Å². The summed E-state index contributed by atoms with van der Waals surface area (Å²) in [5, 5.41) is 15.4. The van der Waals surface area contributed by atoms with Crippen molar-refractivity contribution < 1.29 is 4.92 Å². The predicted octanol–water partition coefficient (Wildman–Crippen LogP) is 2.13. The highest BCUT2D eigenvalue weighted by Gasteiger charge is 2.28. The average molecular weight is 249 g/mol. The van der Waals surface area contributed by atoms with Crippen molar-refractivity contribution in [2.45, 2.75) is 19.8 Å². The molecule has 0 aliphatic rings. The van der Waals surface area contributed by atoms with E-state index in [0.29, 0.717) is 11.5 Å². The lowest BCUT2D eigenvalue weighted by molar-refractivity contribution is -0.384. The molecule has 0 aromatic carbocycles. The maximum atomic E-state index is 11.2. The molecule has 0 amide bonds. The summed E-state index contributed by atoms with van der Waals surface area (Å²) >= 11 is 0. The smallest absolute Gasteiger partial charge is 0.272 e. The van der Waals surface area contributed by atoms with Gasteiger partial charge in [-0.15, -0.1) is 0 Å². The number of rotatable bonds is 4. The zero-order chi connectivity index (χ0) is 13.3. The van der Waals surface area contributed by atoms with E-state index >= 15 is 0 Å². The molecule has 0 saturated carbocycles. The van der Waals surface area contributed by atoms with E-state index in [1.165, 1.54) is 4.68 Å². The first-order valence-corrected chi connectivity index (χ1v) is 5.62. The number of aryl methyl sites for hydroxylation is 1. The SMILES string of the molecule is CC(C)c1nn(C)c(Nn2cccc2)c1[N+](=O)[O-]. The minimum absolute atomic E-state index is 0.00295. The van der Waals surface area contributed by atoms with Crippen molar-refractivity contribution in [3.63, 3.8) is 0 Å². The predicted molar refractivity (Wildman–Crippen MR) is 67.4 cm³/mol. The van der Waals surface area contributed by atoms with Crippen LogP contribution < -0.4 is 5.43 Å². The minimum Gasteiger partial charge on any atom is -0.272 e.